The van der Waals surface area contributed by atoms with Crippen molar-refractivity contribution in [3.63, 3.8) is 0 Å². The molecule has 1 aliphatic carbocycles. The van der Waals surface area contributed by atoms with E-state index in [0.717, 1.165) is 30.1 Å². The number of hydrogen-bond acceptors (Lipinski definition) is 5. The van der Waals surface area contributed by atoms with Crippen LogP contribution in [0.15, 0.2) is 21.7 Å². The number of nitrogens with zero attached hydrogens (tertiary/aromatic N) is 5. The number of amides is 1. The molecule has 26 heavy (non-hydrogen) atoms. The van der Waals surface area contributed by atoms with E-state index in [2.05, 4.69) is 9.88 Å². The second-order valence-corrected chi connectivity index (χ2v) is 7.31. The summed E-state index contributed by atoms with van der Waals surface area (Å²) in [5, 5.41) is 0.334. The van der Waals surface area contributed by atoms with Crippen molar-refractivity contribution in [2.45, 2.75) is 12.8 Å². The van der Waals surface area contributed by atoms with Crippen molar-refractivity contribution in [3.05, 3.63) is 38.7 Å². The Morgan fingerprint density at radius 2 is 1.77 bits per heavy atom. The minimum atomic E-state index is -0.451. The average molecular weight is 357 g/mol. The number of carbonyl (C=O) groups is 1. The fraction of sp³-hybridized carbons (Fsp3) is 0.556. The van der Waals surface area contributed by atoms with Crippen molar-refractivity contribution in [2.24, 2.45) is 20.0 Å². The Morgan fingerprint density at radius 3 is 2.42 bits per heavy atom. The van der Waals surface area contributed by atoms with Gasteiger partial charge in [0.05, 0.1) is 5.39 Å². The maximum Gasteiger partial charge on any atom is 0.332 e. The highest BCUT2D eigenvalue weighted by Gasteiger charge is 2.28. The van der Waals surface area contributed by atoms with Gasteiger partial charge in [0, 0.05) is 46.8 Å². The highest BCUT2D eigenvalue weighted by Crippen LogP contribution is 2.30. The first-order chi connectivity index (χ1) is 12.5. The lowest BCUT2D eigenvalue weighted by atomic mass is 10.2. The number of rotatable bonds is 3. The van der Waals surface area contributed by atoms with Crippen LogP contribution in [-0.2, 0) is 14.1 Å². The summed E-state index contributed by atoms with van der Waals surface area (Å²) in [6, 6.07) is 3.16. The lowest BCUT2D eigenvalue weighted by molar-refractivity contribution is 0.0626. The summed E-state index contributed by atoms with van der Waals surface area (Å²) < 4.78 is 2.35. The van der Waals surface area contributed by atoms with E-state index in [0.29, 0.717) is 18.5 Å². The molecule has 1 amide bonds. The fourth-order valence-electron chi connectivity index (χ4n) is 3.53. The van der Waals surface area contributed by atoms with Gasteiger partial charge in [-0.1, -0.05) is 0 Å². The first kappa shape index (κ1) is 17.0. The van der Waals surface area contributed by atoms with E-state index in [1.54, 1.807) is 24.1 Å². The second kappa shape index (κ2) is 6.35. The Kier molecular flexibility index (Phi) is 4.14. The van der Waals surface area contributed by atoms with Crippen molar-refractivity contribution < 1.29 is 4.79 Å². The van der Waals surface area contributed by atoms with Crippen LogP contribution in [-0.4, -0.2) is 62.5 Å². The van der Waals surface area contributed by atoms with Crippen LogP contribution in [0.25, 0.3) is 11.0 Å². The monoisotopic (exact) mass is 357 g/mol. The standard InChI is InChI=1S/C18H23N5O3/c1-20-15-13(16(24)21(2)18(20)26)5-6-14(19-15)17(25)23-9-7-22(8-10-23)11-12-3-4-12/h5-6,12H,3-4,7-11H2,1-2H3. The van der Waals surface area contributed by atoms with Crippen LogP contribution in [0.3, 0.4) is 0 Å². The van der Waals surface area contributed by atoms with Crippen molar-refractivity contribution in [1.29, 1.82) is 0 Å². The Hall–Kier alpha value is -2.48. The Balaban J connectivity index is 1.57. The molecular formula is C18H23N5O3. The predicted molar refractivity (Wildman–Crippen MR) is 97.3 cm³/mol. The molecule has 1 saturated heterocycles. The third-order valence-electron chi connectivity index (χ3n) is 5.39. The topological polar surface area (TPSA) is 80.4 Å². The minimum Gasteiger partial charge on any atom is -0.335 e. The smallest absolute Gasteiger partial charge is 0.332 e. The molecule has 0 aromatic carbocycles. The highest BCUT2D eigenvalue weighted by molar-refractivity contribution is 5.94. The van der Waals surface area contributed by atoms with Gasteiger partial charge in [-0.05, 0) is 30.9 Å². The zero-order valence-electron chi connectivity index (χ0n) is 15.1. The van der Waals surface area contributed by atoms with Gasteiger partial charge in [-0.25, -0.2) is 9.78 Å². The number of aromatic nitrogens is 3. The van der Waals surface area contributed by atoms with Gasteiger partial charge in [0.1, 0.15) is 11.3 Å². The van der Waals surface area contributed by atoms with Gasteiger partial charge in [0.2, 0.25) is 0 Å². The van der Waals surface area contributed by atoms with Gasteiger partial charge in [0.15, 0.2) is 0 Å². The van der Waals surface area contributed by atoms with Crippen LogP contribution >= 0.6 is 0 Å². The Labute approximate surface area is 150 Å². The predicted octanol–water partition coefficient (Wildman–Crippen LogP) is -0.200. The van der Waals surface area contributed by atoms with Gasteiger partial charge in [0.25, 0.3) is 11.5 Å². The molecule has 2 aromatic heterocycles. The van der Waals surface area contributed by atoms with Crippen molar-refractivity contribution in [1.82, 2.24) is 23.9 Å². The number of piperazine rings is 1. The molecule has 2 fully saturated rings. The molecule has 3 heterocycles. The van der Waals surface area contributed by atoms with Crippen molar-refractivity contribution >= 4 is 16.9 Å². The van der Waals surface area contributed by atoms with Crippen LogP contribution in [0.2, 0.25) is 0 Å². The van der Waals surface area contributed by atoms with Gasteiger partial charge in [-0.2, -0.15) is 0 Å². The Morgan fingerprint density at radius 1 is 1.08 bits per heavy atom. The number of carbonyl (C=O) groups excluding carboxylic acids is 1. The summed E-state index contributed by atoms with van der Waals surface area (Å²) in [5.74, 6) is 0.703. The van der Waals surface area contributed by atoms with E-state index in [4.69, 9.17) is 0 Å². The van der Waals surface area contributed by atoms with Crippen molar-refractivity contribution in [3.8, 4) is 0 Å². The number of pyridine rings is 1. The molecule has 8 nitrogen and oxygen atoms in total. The summed E-state index contributed by atoms with van der Waals surface area (Å²) >= 11 is 0. The lowest BCUT2D eigenvalue weighted by Gasteiger charge is -2.34. The van der Waals surface area contributed by atoms with Gasteiger partial charge in [-0.15, -0.1) is 0 Å². The van der Waals surface area contributed by atoms with Crippen LogP contribution in [0.4, 0.5) is 0 Å². The first-order valence-corrected chi connectivity index (χ1v) is 9.04. The largest absolute Gasteiger partial charge is 0.335 e. The van der Waals surface area contributed by atoms with E-state index in [1.165, 1.54) is 24.5 Å². The maximum absolute atomic E-state index is 12.8. The fourth-order valence-corrected chi connectivity index (χ4v) is 3.53. The molecule has 0 radical (unpaired) electrons. The molecule has 0 spiro atoms. The quantitative estimate of drug-likeness (QED) is 0.760. The lowest BCUT2D eigenvalue weighted by Crippen LogP contribution is -2.49. The van der Waals surface area contributed by atoms with E-state index in [9.17, 15) is 14.4 Å². The van der Waals surface area contributed by atoms with E-state index in [-0.39, 0.29) is 17.2 Å². The molecule has 0 bridgehead atoms. The van der Waals surface area contributed by atoms with Crippen LogP contribution in [0.5, 0.6) is 0 Å². The van der Waals surface area contributed by atoms with Gasteiger partial charge >= 0.3 is 5.69 Å². The molecule has 4 rings (SSSR count). The first-order valence-electron chi connectivity index (χ1n) is 9.04. The number of fused-ring (bicyclic) bond motifs is 1. The molecule has 1 aliphatic heterocycles. The molecular weight excluding hydrogens is 334 g/mol. The van der Waals surface area contributed by atoms with Crippen molar-refractivity contribution in [2.75, 3.05) is 32.7 Å². The molecule has 0 unspecified atom stereocenters. The number of aryl methyl sites for hydroxylation is 1. The second-order valence-electron chi connectivity index (χ2n) is 7.31. The summed E-state index contributed by atoms with van der Waals surface area (Å²) in [6.45, 7) is 4.27. The molecule has 2 aliphatic rings. The van der Waals surface area contributed by atoms with Crippen LogP contribution in [0.1, 0.15) is 23.3 Å². The Bertz CT molecular complexity index is 981. The maximum atomic E-state index is 12.8. The molecule has 8 heteroatoms. The zero-order chi connectivity index (χ0) is 18.4. The van der Waals surface area contributed by atoms with E-state index >= 15 is 0 Å². The van der Waals surface area contributed by atoms with Gasteiger partial charge in [-0.3, -0.25) is 23.6 Å². The molecule has 0 atom stereocenters. The number of hydrogen-bond donors (Lipinski definition) is 0. The molecule has 1 saturated carbocycles. The zero-order valence-corrected chi connectivity index (χ0v) is 15.1. The third kappa shape index (κ3) is 2.94. The molecule has 2 aromatic rings. The van der Waals surface area contributed by atoms with Crippen LogP contribution in [0, 0.1) is 5.92 Å². The summed E-state index contributed by atoms with van der Waals surface area (Å²) in [4.78, 5) is 45.7. The van der Waals surface area contributed by atoms with Crippen LogP contribution < -0.4 is 11.2 Å². The van der Waals surface area contributed by atoms with Gasteiger partial charge < -0.3 is 4.90 Å². The molecule has 0 N–H and O–H groups in total. The summed E-state index contributed by atoms with van der Waals surface area (Å²) in [6.07, 6.45) is 2.66. The summed E-state index contributed by atoms with van der Waals surface area (Å²) in [7, 11) is 2.99. The highest BCUT2D eigenvalue weighted by atomic mass is 16.2. The normalized spacial score (nSPS) is 18.5. The average Bonchev–Trinajstić information content (AvgIpc) is 3.48. The molecule has 138 valence electrons. The SMILES string of the molecule is Cn1c(=O)c2ccc(C(=O)N3CCN(CC4CC4)CC3)nc2n(C)c1=O. The van der Waals surface area contributed by atoms with E-state index < -0.39 is 11.2 Å². The third-order valence-corrected chi connectivity index (χ3v) is 5.39. The summed E-state index contributed by atoms with van der Waals surface area (Å²) in [5.41, 5.74) is -0.329. The van der Waals surface area contributed by atoms with E-state index in [1.807, 2.05) is 0 Å². The minimum absolute atomic E-state index is 0.147.